The van der Waals surface area contributed by atoms with Gasteiger partial charge in [0.05, 0.1) is 0 Å². The van der Waals surface area contributed by atoms with Gasteiger partial charge >= 0.3 is 0 Å². The first-order chi connectivity index (χ1) is 8.69. The van der Waals surface area contributed by atoms with Crippen molar-refractivity contribution in [3.8, 4) is 0 Å². The maximum absolute atomic E-state index is 12.0. The van der Waals surface area contributed by atoms with Crippen LogP contribution in [0.1, 0.15) is 49.5 Å². The molecule has 18 heavy (non-hydrogen) atoms. The van der Waals surface area contributed by atoms with Gasteiger partial charge in [0.15, 0.2) is 10.8 Å². The lowest BCUT2D eigenvalue weighted by Crippen LogP contribution is -2.38. The number of rotatable bonds is 3. The van der Waals surface area contributed by atoms with Crippen LogP contribution < -0.4 is 5.32 Å². The van der Waals surface area contributed by atoms with Crippen LogP contribution >= 0.6 is 11.6 Å². The van der Waals surface area contributed by atoms with Crippen molar-refractivity contribution in [1.82, 2.24) is 15.5 Å². The van der Waals surface area contributed by atoms with Crippen LogP contribution in [0, 0.1) is 5.92 Å². The molecule has 1 aromatic rings. The van der Waals surface area contributed by atoms with Crippen LogP contribution in [0.2, 0.25) is 5.15 Å². The predicted molar refractivity (Wildman–Crippen MR) is 70.5 cm³/mol. The fraction of sp³-hybridized carbons (Fsp3) is 0.615. The minimum absolute atomic E-state index is 0.152. The van der Waals surface area contributed by atoms with Crippen LogP contribution in [-0.2, 0) is 0 Å². The van der Waals surface area contributed by atoms with Gasteiger partial charge in [0, 0.05) is 6.04 Å². The van der Waals surface area contributed by atoms with Gasteiger partial charge in [-0.1, -0.05) is 37.8 Å². The number of nitrogens with zero attached hydrogens (tertiary/aromatic N) is 2. The Labute approximate surface area is 112 Å². The molecule has 4 nitrogen and oxygen atoms in total. The third-order valence-electron chi connectivity index (χ3n) is 3.56. The van der Waals surface area contributed by atoms with Gasteiger partial charge in [0.25, 0.3) is 5.91 Å². The smallest absolute Gasteiger partial charge is 0.272 e. The van der Waals surface area contributed by atoms with Crippen molar-refractivity contribution in [2.75, 3.05) is 0 Å². The first kappa shape index (κ1) is 13.3. The monoisotopic (exact) mass is 267 g/mol. The van der Waals surface area contributed by atoms with Gasteiger partial charge in [-0.05, 0) is 30.9 Å². The molecule has 5 heteroatoms. The van der Waals surface area contributed by atoms with Crippen molar-refractivity contribution in [2.24, 2.45) is 5.92 Å². The Kier molecular flexibility index (Phi) is 4.53. The molecule has 1 amide bonds. The number of nitrogens with one attached hydrogen (secondary N) is 1. The Hall–Kier alpha value is -1.16. The van der Waals surface area contributed by atoms with E-state index in [1.165, 1.54) is 19.3 Å². The number of hydrogen-bond donors (Lipinski definition) is 1. The molecule has 1 aliphatic rings. The second-order valence-corrected chi connectivity index (χ2v) is 5.24. The number of amides is 1. The molecule has 1 fully saturated rings. The summed E-state index contributed by atoms with van der Waals surface area (Å²) in [6, 6.07) is 3.46. The average Bonchev–Trinajstić information content (AvgIpc) is 2.39. The zero-order valence-corrected chi connectivity index (χ0v) is 11.3. The molecule has 1 heterocycles. The first-order valence-corrected chi connectivity index (χ1v) is 6.87. The second-order valence-electron chi connectivity index (χ2n) is 4.85. The molecule has 0 aliphatic heterocycles. The molecule has 0 radical (unpaired) electrons. The molecule has 2 rings (SSSR count). The molecule has 0 aromatic carbocycles. The normalized spacial score (nSPS) is 23.7. The Balaban J connectivity index is 1.92. The van der Waals surface area contributed by atoms with E-state index in [9.17, 15) is 4.79 Å². The van der Waals surface area contributed by atoms with Crippen molar-refractivity contribution < 1.29 is 4.79 Å². The Morgan fingerprint density at radius 1 is 1.44 bits per heavy atom. The largest absolute Gasteiger partial charge is 0.348 e. The van der Waals surface area contributed by atoms with E-state index in [-0.39, 0.29) is 11.9 Å². The second kappa shape index (κ2) is 6.14. The van der Waals surface area contributed by atoms with Gasteiger partial charge in [-0.3, -0.25) is 4.79 Å². The highest BCUT2D eigenvalue weighted by Crippen LogP contribution is 2.26. The lowest BCUT2D eigenvalue weighted by Gasteiger charge is -2.28. The molecule has 2 unspecified atom stereocenters. The van der Waals surface area contributed by atoms with Crippen molar-refractivity contribution in [1.29, 1.82) is 0 Å². The van der Waals surface area contributed by atoms with E-state index in [4.69, 9.17) is 11.6 Å². The van der Waals surface area contributed by atoms with Gasteiger partial charge in [-0.15, -0.1) is 10.2 Å². The summed E-state index contributed by atoms with van der Waals surface area (Å²) in [6.07, 6.45) is 5.79. The summed E-state index contributed by atoms with van der Waals surface area (Å²) in [5.74, 6) is 0.585. The van der Waals surface area contributed by atoms with Gasteiger partial charge in [-0.25, -0.2) is 0 Å². The molecule has 1 N–H and O–H groups in total. The molecule has 98 valence electrons. The average molecular weight is 268 g/mol. The lowest BCUT2D eigenvalue weighted by atomic mass is 9.84. The fourth-order valence-corrected chi connectivity index (χ4v) is 2.59. The molecular formula is C13H18ClN3O. The van der Waals surface area contributed by atoms with Crippen molar-refractivity contribution in [2.45, 2.75) is 45.1 Å². The van der Waals surface area contributed by atoms with Gasteiger partial charge < -0.3 is 5.32 Å². The lowest BCUT2D eigenvalue weighted by molar-refractivity contribution is 0.0913. The minimum atomic E-state index is -0.152. The van der Waals surface area contributed by atoms with E-state index in [1.54, 1.807) is 12.1 Å². The number of aromatic nitrogens is 2. The maximum Gasteiger partial charge on any atom is 0.272 e. The SMILES string of the molecule is CCC1CCCC(NC(=O)c2ccc(Cl)nn2)C1. The van der Waals surface area contributed by atoms with Crippen LogP contribution in [0.15, 0.2) is 12.1 Å². The topological polar surface area (TPSA) is 54.9 Å². The molecule has 1 aromatic heterocycles. The molecule has 0 spiro atoms. The Morgan fingerprint density at radius 2 is 2.28 bits per heavy atom. The summed E-state index contributed by atoms with van der Waals surface area (Å²) in [4.78, 5) is 12.0. The van der Waals surface area contributed by atoms with E-state index in [0.717, 1.165) is 18.8 Å². The third-order valence-corrected chi connectivity index (χ3v) is 3.76. The van der Waals surface area contributed by atoms with E-state index >= 15 is 0 Å². The number of carbonyl (C=O) groups excluding carboxylic acids is 1. The fourth-order valence-electron chi connectivity index (χ4n) is 2.49. The zero-order chi connectivity index (χ0) is 13.0. The van der Waals surface area contributed by atoms with Crippen molar-refractivity contribution >= 4 is 17.5 Å². The van der Waals surface area contributed by atoms with Crippen LogP contribution in [0.5, 0.6) is 0 Å². The summed E-state index contributed by atoms with van der Waals surface area (Å²) in [5, 5.41) is 10.8. The Morgan fingerprint density at radius 3 is 2.94 bits per heavy atom. The third kappa shape index (κ3) is 3.42. The summed E-state index contributed by atoms with van der Waals surface area (Å²) < 4.78 is 0. The van der Waals surface area contributed by atoms with E-state index < -0.39 is 0 Å². The summed E-state index contributed by atoms with van der Waals surface area (Å²) in [5.41, 5.74) is 0.332. The number of halogens is 1. The van der Waals surface area contributed by atoms with Gasteiger partial charge in [0.1, 0.15) is 0 Å². The molecule has 0 saturated heterocycles. The zero-order valence-electron chi connectivity index (χ0n) is 10.5. The van der Waals surface area contributed by atoms with E-state index in [1.807, 2.05) is 0 Å². The van der Waals surface area contributed by atoms with Crippen LogP contribution in [-0.4, -0.2) is 22.1 Å². The van der Waals surface area contributed by atoms with Crippen LogP contribution in [0.3, 0.4) is 0 Å². The first-order valence-electron chi connectivity index (χ1n) is 6.49. The molecule has 0 bridgehead atoms. The summed E-state index contributed by atoms with van der Waals surface area (Å²) >= 11 is 5.64. The number of hydrogen-bond acceptors (Lipinski definition) is 3. The van der Waals surface area contributed by atoms with E-state index in [0.29, 0.717) is 10.8 Å². The standard InChI is InChI=1S/C13H18ClN3O/c1-2-9-4-3-5-10(8-9)15-13(18)11-6-7-12(14)17-16-11/h6-7,9-10H,2-5,8H2,1H3,(H,15,18). The van der Waals surface area contributed by atoms with Gasteiger partial charge in [0.2, 0.25) is 0 Å². The molecule has 1 saturated carbocycles. The summed E-state index contributed by atoms with van der Waals surface area (Å²) in [6.45, 7) is 2.21. The highest BCUT2D eigenvalue weighted by atomic mass is 35.5. The Bertz CT molecular complexity index is 407. The number of carbonyl (C=O) groups is 1. The molecular weight excluding hydrogens is 250 g/mol. The highest BCUT2D eigenvalue weighted by Gasteiger charge is 2.22. The minimum Gasteiger partial charge on any atom is -0.348 e. The van der Waals surface area contributed by atoms with Crippen molar-refractivity contribution in [3.05, 3.63) is 23.0 Å². The van der Waals surface area contributed by atoms with Gasteiger partial charge in [-0.2, -0.15) is 0 Å². The van der Waals surface area contributed by atoms with Crippen molar-refractivity contribution in [3.63, 3.8) is 0 Å². The summed E-state index contributed by atoms with van der Waals surface area (Å²) in [7, 11) is 0. The van der Waals surface area contributed by atoms with E-state index in [2.05, 4.69) is 22.4 Å². The van der Waals surface area contributed by atoms with Crippen LogP contribution in [0.4, 0.5) is 0 Å². The predicted octanol–water partition coefficient (Wildman–Crippen LogP) is 2.83. The molecule has 1 aliphatic carbocycles. The quantitative estimate of drug-likeness (QED) is 0.916. The highest BCUT2D eigenvalue weighted by molar-refractivity contribution is 6.29. The molecule has 2 atom stereocenters. The maximum atomic E-state index is 12.0. The van der Waals surface area contributed by atoms with Crippen LogP contribution in [0.25, 0.3) is 0 Å².